The zero-order valence-electron chi connectivity index (χ0n) is 13.6. The van der Waals surface area contributed by atoms with E-state index in [2.05, 4.69) is 17.1 Å². The van der Waals surface area contributed by atoms with Crippen molar-refractivity contribution < 1.29 is 4.74 Å². The van der Waals surface area contributed by atoms with Gasteiger partial charge >= 0.3 is 0 Å². The van der Waals surface area contributed by atoms with Gasteiger partial charge in [0.2, 0.25) is 0 Å². The summed E-state index contributed by atoms with van der Waals surface area (Å²) in [7, 11) is 0. The SMILES string of the molecule is CCN1CCC(CNc2cccc(OC(C)C)c2N)CC1. The fourth-order valence-electron chi connectivity index (χ4n) is 2.82. The second-order valence-corrected chi connectivity index (χ2v) is 6.14. The third kappa shape index (κ3) is 4.53. The van der Waals surface area contributed by atoms with Crippen LogP contribution in [0.5, 0.6) is 5.75 Å². The maximum Gasteiger partial charge on any atom is 0.144 e. The molecule has 0 saturated carbocycles. The second-order valence-electron chi connectivity index (χ2n) is 6.14. The van der Waals surface area contributed by atoms with E-state index in [1.165, 1.54) is 32.5 Å². The van der Waals surface area contributed by atoms with Crippen LogP contribution in [0.15, 0.2) is 18.2 Å². The summed E-state index contributed by atoms with van der Waals surface area (Å²) in [6.45, 7) is 10.9. The summed E-state index contributed by atoms with van der Waals surface area (Å²) in [6, 6.07) is 5.96. The summed E-state index contributed by atoms with van der Waals surface area (Å²) in [5, 5.41) is 3.51. The minimum absolute atomic E-state index is 0.140. The fourth-order valence-corrected chi connectivity index (χ4v) is 2.82. The highest BCUT2D eigenvalue weighted by Crippen LogP contribution is 2.30. The van der Waals surface area contributed by atoms with Gasteiger partial charge in [0, 0.05) is 6.54 Å². The van der Waals surface area contributed by atoms with Gasteiger partial charge in [-0.15, -0.1) is 0 Å². The Kier molecular flexibility index (Phi) is 5.74. The standard InChI is InChI=1S/C17H29N3O/c1-4-20-10-8-14(9-11-20)12-19-15-6-5-7-16(17(15)18)21-13(2)3/h5-7,13-14,19H,4,8-12,18H2,1-3H3. The molecule has 3 N–H and O–H groups in total. The highest BCUT2D eigenvalue weighted by molar-refractivity contribution is 5.72. The molecule has 1 aliphatic heterocycles. The average molecular weight is 291 g/mol. The molecule has 4 heteroatoms. The van der Waals surface area contributed by atoms with Gasteiger partial charge in [-0.25, -0.2) is 0 Å². The quantitative estimate of drug-likeness (QED) is 0.790. The molecule has 0 atom stereocenters. The van der Waals surface area contributed by atoms with Gasteiger partial charge < -0.3 is 20.7 Å². The van der Waals surface area contributed by atoms with E-state index in [-0.39, 0.29) is 6.10 Å². The van der Waals surface area contributed by atoms with Crippen LogP contribution in [0.4, 0.5) is 11.4 Å². The maximum atomic E-state index is 6.20. The third-order valence-corrected chi connectivity index (χ3v) is 4.16. The lowest BCUT2D eigenvalue weighted by atomic mass is 9.96. The highest BCUT2D eigenvalue weighted by atomic mass is 16.5. The van der Waals surface area contributed by atoms with E-state index in [0.717, 1.165) is 29.6 Å². The van der Waals surface area contributed by atoms with E-state index < -0.39 is 0 Å². The summed E-state index contributed by atoms with van der Waals surface area (Å²) in [5.41, 5.74) is 7.91. The van der Waals surface area contributed by atoms with Crippen LogP contribution in [-0.4, -0.2) is 37.2 Å². The number of benzene rings is 1. The minimum Gasteiger partial charge on any atom is -0.489 e. The van der Waals surface area contributed by atoms with Gasteiger partial charge in [0.1, 0.15) is 5.75 Å². The lowest BCUT2D eigenvalue weighted by Crippen LogP contribution is -2.35. The lowest BCUT2D eigenvalue weighted by Gasteiger charge is -2.31. The van der Waals surface area contributed by atoms with Gasteiger partial charge in [0.05, 0.1) is 17.5 Å². The lowest BCUT2D eigenvalue weighted by molar-refractivity contribution is 0.198. The Balaban J connectivity index is 1.88. The number of nitrogens with one attached hydrogen (secondary N) is 1. The summed E-state index contributed by atoms with van der Waals surface area (Å²) >= 11 is 0. The van der Waals surface area contributed by atoms with Crippen LogP contribution in [-0.2, 0) is 0 Å². The van der Waals surface area contributed by atoms with Crippen molar-refractivity contribution in [3.05, 3.63) is 18.2 Å². The molecule has 0 spiro atoms. The Hall–Kier alpha value is -1.42. The molecule has 1 aromatic rings. The number of hydrogen-bond acceptors (Lipinski definition) is 4. The van der Waals surface area contributed by atoms with Gasteiger partial charge in [-0.2, -0.15) is 0 Å². The van der Waals surface area contributed by atoms with Crippen LogP contribution < -0.4 is 15.8 Å². The van der Waals surface area contributed by atoms with E-state index in [9.17, 15) is 0 Å². The van der Waals surface area contributed by atoms with Gasteiger partial charge in [-0.05, 0) is 64.4 Å². The summed E-state index contributed by atoms with van der Waals surface area (Å²) in [6.07, 6.45) is 2.67. The Labute approximate surface area is 128 Å². The van der Waals surface area contributed by atoms with Gasteiger partial charge in [0.25, 0.3) is 0 Å². The second kappa shape index (κ2) is 7.55. The zero-order chi connectivity index (χ0) is 15.2. The molecule has 118 valence electrons. The predicted octanol–water partition coefficient (Wildman–Crippen LogP) is 3.20. The van der Waals surface area contributed by atoms with Crippen molar-refractivity contribution in [1.29, 1.82) is 0 Å². The molecule has 1 aliphatic rings. The molecule has 0 aromatic heterocycles. The maximum absolute atomic E-state index is 6.20. The molecule has 0 radical (unpaired) electrons. The predicted molar refractivity (Wildman–Crippen MR) is 89.9 cm³/mol. The van der Waals surface area contributed by atoms with Crippen molar-refractivity contribution in [3.63, 3.8) is 0 Å². The number of piperidine rings is 1. The van der Waals surface area contributed by atoms with Crippen molar-refractivity contribution in [2.45, 2.75) is 39.7 Å². The normalized spacial score (nSPS) is 17.1. The number of likely N-dealkylation sites (tertiary alicyclic amines) is 1. The van der Waals surface area contributed by atoms with Crippen molar-refractivity contribution in [1.82, 2.24) is 4.90 Å². The van der Waals surface area contributed by atoms with Crippen LogP contribution in [0, 0.1) is 5.92 Å². The monoisotopic (exact) mass is 291 g/mol. The van der Waals surface area contributed by atoms with E-state index in [1.807, 2.05) is 32.0 Å². The van der Waals surface area contributed by atoms with Crippen molar-refractivity contribution >= 4 is 11.4 Å². The first kappa shape index (κ1) is 16.0. The molecule has 1 saturated heterocycles. The summed E-state index contributed by atoms with van der Waals surface area (Å²) in [4.78, 5) is 2.52. The molecule has 4 nitrogen and oxygen atoms in total. The van der Waals surface area contributed by atoms with Gasteiger partial charge in [0.15, 0.2) is 0 Å². The molecule has 0 aliphatic carbocycles. The largest absolute Gasteiger partial charge is 0.489 e. The molecule has 0 amide bonds. The van der Waals surface area contributed by atoms with E-state index in [1.54, 1.807) is 0 Å². The zero-order valence-corrected chi connectivity index (χ0v) is 13.6. The van der Waals surface area contributed by atoms with Crippen LogP contribution in [0.25, 0.3) is 0 Å². The molecular weight excluding hydrogens is 262 g/mol. The minimum atomic E-state index is 0.140. The Morgan fingerprint density at radius 3 is 2.67 bits per heavy atom. The van der Waals surface area contributed by atoms with Crippen LogP contribution in [0.3, 0.4) is 0 Å². The van der Waals surface area contributed by atoms with Crippen molar-refractivity contribution in [2.24, 2.45) is 5.92 Å². The smallest absolute Gasteiger partial charge is 0.144 e. The van der Waals surface area contributed by atoms with Crippen LogP contribution in [0.2, 0.25) is 0 Å². The number of anilines is 2. The number of rotatable bonds is 6. The van der Waals surface area contributed by atoms with Crippen molar-refractivity contribution in [3.8, 4) is 5.75 Å². The van der Waals surface area contributed by atoms with E-state index in [4.69, 9.17) is 10.5 Å². The molecule has 0 unspecified atom stereocenters. The number of nitrogens with zero attached hydrogens (tertiary/aromatic N) is 1. The molecule has 21 heavy (non-hydrogen) atoms. The first-order chi connectivity index (χ1) is 10.1. The van der Waals surface area contributed by atoms with Crippen molar-refractivity contribution in [2.75, 3.05) is 37.2 Å². The van der Waals surface area contributed by atoms with E-state index in [0.29, 0.717) is 0 Å². The first-order valence-electron chi connectivity index (χ1n) is 8.11. The van der Waals surface area contributed by atoms with Crippen LogP contribution >= 0.6 is 0 Å². The van der Waals surface area contributed by atoms with Gasteiger partial charge in [-0.3, -0.25) is 0 Å². The Bertz CT molecular complexity index is 440. The van der Waals surface area contributed by atoms with Crippen LogP contribution in [0.1, 0.15) is 33.6 Å². The molecule has 1 heterocycles. The number of hydrogen-bond donors (Lipinski definition) is 2. The molecular formula is C17H29N3O. The summed E-state index contributed by atoms with van der Waals surface area (Å²) < 4.78 is 5.73. The Morgan fingerprint density at radius 1 is 1.33 bits per heavy atom. The third-order valence-electron chi connectivity index (χ3n) is 4.16. The Morgan fingerprint density at radius 2 is 2.05 bits per heavy atom. The fraction of sp³-hybridized carbons (Fsp3) is 0.647. The van der Waals surface area contributed by atoms with Gasteiger partial charge in [-0.1, -0.05) is 13.0 Å². The number of para-hydroxylation sites is 1. The number of ether oxygens (including phenoxy) is 1. The average Bonchev–Trinajstić information content (AvgIpc) is 2.48. The molecule has 1 aromatic carbocycles. The molecule has 0 bridgehead atoms. The highest BCUT2D eigenvalue weighted by Gasteiger charge is 2.18. The first-order valence-corrected chi connectivity index (χ1v) is 8.11. The molecule has 2 rings (SSSR count). The number of nitrogen functional groups attached to an aromatic ring is 1. The molecule has 1 fully saturated rings. The topological polar surface area (TPSA) is 50.5 Å². The summed E-state index contributed by atoms with van der Waals surface area (Å²) in [5.74, 6) is 1.51. The van der Waals surface area contributed by atoms with E-state index >= 15 is 0 Å². The number of nitrogens with two attached hydrogens (primary N) is 1.